The molecule has 1 fully saturated rings. The molecule has 4 rings (SSSR count). The predicted molar refractivity (Wildman–Crippen MR) is 112 cm³/mol. The van der Waals surface area contributed by atoms with Crippen LogP contribution in [0.4, 0.5) is 11.6 Å². The van der Waals surface area contributed by atoms with Crippen molar-refractivity contribution in [1.29, 1.82) is 0 Å². The number of rotatable bonds is 6. The number of ether oxygens (including phenoxy) is 1. The second-order valence-corrected chi connectivity index (χ2v) is 7.71. The van der Waals surface area contributed by atoms with E-state index >= 15 is 0 Å². The van der Waals surface area contributed by atoms with Crippen molar-refractivity contribution in [2.24, 2.45) is 0 Å². The Hall–Kier alpha value is -2.91. The summed E-state index contributed by atoms with van der Waals surface area (Å²) < 4.78 is 7.55. The number of anilines is 1. The van der Waals surface area contributed by atoms with Crippen molar-refractivity contribution in [2.75, 3.05) is 31.2 Å². The van der Waals surface area contributed by atoms with Crippen LogP contribution in [0.2, 0.25) is 0 Å². The van der Waals surface area contributed by atoms with Crippen LogP contribution in [0, 0.1) is 17.0 Å². The summed E-state index contributed by atoms with van der Waals surface area (Å²) in [7, 11) is 0. The van der Waals surface area contributed by atoms with Gasteiger partial charge in [-0.25, -0.2) is 0 Å². The lowest BCUT2D eigenvalue weighted by Gasteiger charge is -2.28. The first-order chi connectivity index (χ1) is 14.1. The van der Waals surface area contributed by atoms with Crippen LogP contribution >= 0.6 is 11.8 Å². The van der Waals surface area contributed by atoms with Crippen molar-refractivity contribution in [3.63, 3.8) is 0 Å². The van der Waals surface area contributed by atoms with E-state index in [1.807, 2.05) is 6.07 Å². The van der Waals surface area contributed by atoms with Gasteiger partial charge in [-0.2, -0.15) is 0 Å². The van der Waals surface area contributed by atoms with Crippen molar-refractivity contribution in [3.8, 4) is 5.69 Å². The molecule has 0 aliphatic carbocycles. The van der Waals surface area contributed by atoms with Gasteiger partial charge in [-0.05, 0) is 30.2 Å². The van der Waals surface area contributed by atoms with Crippen molar-refractivity contribution in [1.82, 2.24) is 14.8 Å². The zero-order valence-electron chi connectivity index (χ0n) is 16.0. The maximum atomic E-state index is 10.8. The minimum absolute atomic E-state index is 0.0938. The fourth-order valence-corrected chi connectivity index (χ4v) is 4.08. The number of aryl methyl sites for hydroxylation is 1. The minimum atomic E-state index is -0.389. The van der Waals surface area contributed by atoms with E-state index in [1.165, 1.54) is 12.1 Å². The highest BCUT2D eigenvalue weighted by Gasteiger charge is 2.22. The number of aromatic nitrogens is 3. The van der Waals surface area contributed by atoms with Crippen molar-refractivity contribution < 1.29 is 9.66 Å². The molecule has 1 saturated heterocycles. The van der Waals surface area contributed by atoms with Gasteiger partial charge in [0.25, 0.3) is 5.69 Å². The number of benzene rings is 2. The number of nitrogens with zero attached hydrogens (tertiary/aromatic N) is 5. The largest absolute Gasteiger partial charge is 0.378 e. The van der Waals surface area contributed by atoms with Crippen LogP contribution in [0.1, 0.15) is 11.1 Å². The molecule has 0 N–H and O–H groups in total. The third-order valence-corrected chi connectivity index (χ3v) is 5.69. The summed E-state index contributed by atoms with van der Waals surface area (Å²) in [6.07, 6.45) is 0. The van der Waals surface area contributed by atoms with Crippen LogP contribution in [0.15, 0.2) is 53.7 Å². The van der Waals surface area contributed by atoms with E-state index in [4.69, 9.17) is 4.74 Å². The van der Waals surface area contributed by atoms with E-state index in [2.05, 4.69) is 44.8 Å². The van der Waals surface area contributed by atoms with E-state index in [0.717, 1.165) is 41.0 Å². The summed E-state index contributed by atoms with van der Waals surface area (Å²) >= 11 is 1.56. The second kappa shape index (κ2) is 8.62. The minimum Gasteiger partial charge on any atom is -0.378 e. The molecule has 150 valence electrons. The fraction of sp³-hybridized carbons (Fsp3) is 0.300. The molecule has 29 heavy (non-hydrogen) atoms. The van der Waals surface area contributed by atoms with Gasteiger partial charge in [0.1, 0.15) is 0 Å². The SMILES string of the molecule is Cc1cccc(-n2c(SCc3ccc([N+](=O)[O-])cc3)nnc2N2CCOCC2)c1. The highest BCUT2D eigenvalue weighted by atomic mass is 32.2. The normalized spacial score (nSPS) is 14.2. The van der Waals surface area contributed by atoms with Crippen LogP contribution in [0.5, 0.6) is 0 Å². The molecule has 3 aromatic rings. The lowest BCUT2D eigenvalue weighted by atomic mass is 10.2. The lowest BCUT2D eigenvalue weighted by Crippen LogP contribution is -2.37. The van der Waals surface area contributed by atoms with Gasteiger partial charge in [0.15, 0.2) is 5.16 Å². The van der Waals surface area contributed by atoms with Crippen molar-refractivity contribution in [3.05, 3.63) is 69.8 Å². The van der Waals surface area contributed by atoms with Crippen molar-refractivity contribution >= 4 is 23.4 Å². The van der Waals surface area contributed by atoms with Gasteiger partial charge in [-0.3, -0.25) is 14.7 Å². The molecule has 0 bridgehead atoms. The van der Waals surface area contributed by atoms with E-state index in [0.29, 0.717) is 19.0 Å². The first-order valence-electron chi connectivity index (χ1n) is 9.33. The topological polar surface area (TPSA) is 86.3 Å². The second-order valence-electron chi connectivity index (χ2n) is 6.77. The molecule has 2 aromatic carbocycles. The molecular weight excluding hydrogens is 390 g/mol. The number of nitro groups is 1. The summed E-state index contributed by atoms with van der Waals surface area (Å²) in [6, 6.07) is 14.9. The average molecular weight is 411 g/mol. The van der Waals surface area contributed by atoms with Gasteiger partial charge in [-0.15, -0.1) is 10.2 Å². The summed E-state index contributed by atoms with van der Waals surface area (Å²) in [5, 5.41) is 20.5. The third kappa shape index (κ3) is 4.41. The van der Waals surface area contributed by atoms with Crippen LogP contribution in [0.3, 0.4) is 0 Å². The standard InChI is InChI=1S/C20H21N5O3S/c1-15-3-2-4-18(13-15)24-19(23-9-11-28-12-10-23)21-22-20(24)29-14-16-5-7-17(8-6-16)25(26)27/h2-8,13H,9-12,14H2,1H3. The van der Waals surface area contributed by atoms with Gasteiger partial charge in [0.05, 0.1) is 23.8 Å². The monoisotopic (exact) mass is 411 g/mol. The highest BCUT2D eigenvalue weighted by molar-refractivity contribution is 7.98. The summed E-state index contributed by atoms with van der Waals surface area (Å²) in [5.74, 6) is 1.45. The fourth-order valence-electron chi connectivity index (χ4n) is 3.18. The first kappa shape index (κ1) is 19.4. The predicted octanol–water partition coefficient (Wildman–Crippen LogP) is 3.61. The Morgan fingerprint density at radius 3 is 2.59 bits per heavy atom. The Kier molecular flexibility index (Phi) is 5.77. The van der Waals surface area contributed by atoms with Gasteiger partial charge in [0, 0.05) is 31.0 Å². The molecule has 0 atom stereocenters. The maximum absolute atomic E-state index is 10.8. The van der Waals surface area contributed by atoms with Crippen LogP contribution in [-0.2, 0) is 10.5 Å². The van der Waals surface area contributed by atoms with Gasteiger partial charge in [-0.1, -0.05) is 36.0 Å². The van der Waals surface area contributed by atoms with E-state index in [9.17, 15) is 10.1 Å². The third-order valence-electron chi connectivity index (χ3n) is 4.69. The molecular formula is C20H21N5O3S. The molecule has 0 saturated carbocycles. The smallest absolute Gasteiger partial charge is 0.269 e. The number of nitro benzene ring substituents is 1. The highest BCUT2D eigenvalue weighted by Crippen LogP contribution is 2.30. The molecule has 1 aliphatic heterocycles. The lowest BCUT2D eigenvalue weighted by molar-refractivity contribution is -0.384. The Morgan fingerprint density at radius 1 is 1.14 bits per heavy atom. The Labute approximate surface area is 172 Å². The average Bonchev–Trinajstić information content (AvgIpc) is 3.17. The zero-order valence-corrected chi connectivity index (χ0v) is 16.8. The Balaban J connectivity index is 1.62. The van der Waals surface area contributed by atoms with E-state index < -0.39 is 0 Å². The Morgan fingerprint density at radius 2 is 1.90 bits per heavy atom. The van der Waals surface area contributed by atoms with Crippen LogP contribution in [0.25, 0.3) is 5.69 Å². The van der Waals surface area contributed by atoms with E-state index in [1.54, 1.807) is 23.9 Å². The Bertz CT molecular complexity index is 1000. The molecule has 0 spiro atoms. The first-order valence-corrected chi connectivity index (χ1v) is 10.3. The molecule has 9 heteroatoms. The van der Waals surface area contributed by atoms with Crippen LogP contribution < -0.4 is 4.90 Å². The number of hydrogen-bond acceptors (Lipinski definition) is 7. The molecule has 2 heterocycles. The number of non-ortho nitro benzene ring substituents is 1. The maximum Gasteiger partial charge on any atom is 0.269 e. The molecule has 1 aliphatic rings. The number of hydrogen-bond donors (Lipinski definition) is 0. The number of morpholine rings is 1. The number of thioether (sulfide) groups is 1. The van der Waals surface area contributed by atoms with Crippen LogP contribution in [-0.4, -0.2) is 46.0 Å². The van der Waals surface area contributed by atoms with Gasteiger partial charge >= 0.3 is 0 Å². The molecule has 1 aromatic heterocycles. The summed E-state index contributed by atoms with van der Waals surface area (Å²) in [5.41, 5.74) is 3.27. The van der Waals surface area contributed by atoms with E-state index in [-0.39, 0.29) is 10.6 Å². The molecule has 0 radical (unpaired) electrons. The molecule has 0 amide bonds. The summed E-state index contributed by atoms with van der Waals surface area (Å²) in [6.45, 7) is 4.96. The quantitative estimate of drug-likeness (QED) is 0.348. The van der Waals surface area contributed by atoms with Gasteiger partial charge in [0.2, 0.25) is 5.95 Å². The molecule has 0 unspecified atom stereocenters. The molecule has 8 nitrogen and oxygen atoms in total. The summed E-state index contributed by atoms with van der Waals surface area (Å²) in [4.78, 5) is 12.6. The van der Waals surface area contributed by atoms with Gasteiger partial charge < -0.3 is 9.64 Å². The zero-order chi connectivity index (χ0) is 20.2. The van der Waals surface area contributed by atoms with Crippen molar-refractivity contribution in [2.45, 2.75) is 17.8 Å².